The molecule has 0 fully saturated rings. The van der Waals surface area contributed by atoms with E-state index in [2.05, 4.69) is 24.3 Å². The lowest BCUT2D eigenvalue weighted by molar-refractivity contribution is 0.644. The zero-order valence-corrected chi connectivity index (χ0v) is 11.9. The Labute approximate surface area is 120 Å². The van der Waals surface area contributed by atoms with E-state index in [4.69, 9.17) is 0 Å². The maximum atomic E-state index is 10.4. The molecular weight excluding hydrogens is 263 g/mol. The van der Waals surface area contributed by atoms with Crippen LogP contribution in [0.15, 0.2) is 84.9 Å². The zero-order chi connectivity index (χ0) is 13.8. The van der Waals surface area contributed by atoms with Crippen LogP contribution in [0.3, 0.4) is 0 Å². The van der Waals surface area contributed by atoms with Gasteiger partial charge in [0.05, 0.1) is 8.15 Å². The second kappa shape index (κ2) is 6.00. The molecule has 1 N–H and O–H groups in total. The van der Waals surface area contributed by atoms with Crippen LogP contribution in [0.1, 0.15) is 0 Å². The lowest BCUT2D eigenvalue weighted by Crippen LogP contribution is -2.10. The Kier molecular flexibility index (Phi) is 3.92. The minimum atomic E-state index is -1.25. The Bertz CT molecular complexity index is 663. The van der Waals surface area contributed by atoms with Crippen molar-refractivity contribution in [2.75, 3.05) is 0 Å². The van der Waals surface area contributed by atoms with Crippen LogP contribution >= 0.6 is 8.15 Å². The molecule has 0 aliphatic carbocycles. The Morgan fingerprint density at radius 3 is 1.55 bits per heavy atom. The third-order valence-corrected chi connectivity index (χ3v) is 4.79. The highest BCUT2D eigenvalue weighted by atomic mass is 31.1. The van der Waals surface area contributed by atoms with E-state index < -0.39 is 8.15 Å². The van der Waals surface area contributed by atoms with Crippen molar-refractivity contribution in [2.45, 2.75) is 0 Å². The molecule has 0 spiro atoms. The second-order valence-corrected chi connectivity index (χ2v) is 6.22. The fourth-order valence-electron chi connectivity index (χ4n) is 2.14. The molecule has 0 amide bonds. The quantitative estimate of drug-likeness (QED) is 0.724. The molecule has 3 aromatic rings. The van der Waals surface area contributed by atoms with Gasteiger partial charge in [0.2, 0.25) is 0 Å². The molecule has 0 bridgehead atoms. The highest BCUT2D eigenvalue weighted by Crippen LogP contribution is 2.28. The summed E-state index contributed by atoms with van der Waals surface area (Å²) in [6.07, 6.45) is 0. The SMILES string of the molecule is OP(c1ccccc1)c1ccc(-c2ccccc2)cc1. The van der Waals surface area contributed by atoms with Crippen molar-refractivity contribution in [1.29, 1.82) is 0 Å². The van der Waals surface area contributed by atoms with Crippen LogP contribution in [0.25, 0.3) is 11.1 Å². The van der Waals surface area contributed by atoms with Crippen molar-refractivity contribution >= 4 is 18.8 Å². The van der Waals surface area contributed by atoms with Gasteiger partial charge in [0.1, 0.15) is 0 Å². The first-order valence-electron chi connectivity index (χ1n) is 6.54. The smallest absolute Gasteiger partial charge is 0.0877 e. The second-order valence-electron chi connectivity index (χ2n) is 4.56. The van der Waals surface area contributed by atoms with Crippen molar-refractivity contribution < 1.29 is 4.89 Å². The Hall–Kier alpha value is -1.95. The van der Waals surface area contributed by atoms with E-state index in [1.165, 1.54) is 11.1 Å². The maximum absolute atomic E-state index is 10.4. The number of hydrogen-bond acceptors (Lipinski definition) is 1. The molecule has 0 saturated carbocycles. The highest BCUT2D eigenvalue weighted by molar-refractivity contribution is 7.67. The minimum absolute atomic E-state index is 0.978. The third kappa shape index (κ3) is 2.80. The standard InChI is InChI=1S/C18H15OP/c19-20(17-9-5-2-6-10-17)18-13-11-16(12-14-18)15-7-3-1-4-8-15/h1-14,19H. The molecule has 0 aliphatic rings. The van der Waals surface area contributed by atoms with Gasteiger partial charge in [0.25, 0.3) is 0 Å². The summed E-state index contributed by atoms with van der Waals surface area (Å²) in [4.78, 5) is 10.4. The van der Waals surface area contributed by atoms with Crippen LogP contribution in [0.2, 0.25) is 0 Å². The molecule has 1 nitrogen and oxygen atoms in total. The maximum Gasteiger partial charge on any atom is 0.0877 e. The van der Waals surface area contributed by atoms with Gasteiger partial charge < -0.3 is 4.89 Å². The first kappa shape index (κ1) is 13.1. The van der Waals surface area contributed by atoms with Crippen LogP contribution < -0.4 is 10.6 Å². The molecule has 1 atom stereocenters. The average Bonchev–Trinajstić information content (AvgIpc) is 2.56. The molecule has 2 heteroatoms. The summed E-state index contributed by atoms with van der Waals surface area (Å²) in [5, 5.41) is 1.96. The molecule has 0 aliphatic heterocycles. The lowest BCUT2D eigenvalue weighted by Gasteiger charge is -2.11. The summed E-state index contributed by atoms with van der Waals surface area (Å²) in [6, 6.07) is 28.2. The van der Waals surface area contributed by atoms with Gasteiger partial charge in [-0.25, -0.2) is 0 Å². The summed E-state index contributed by atoms with van der Waals surface area (Å²) in [6.45, 7) is 0. The van der Waals surface area contributed by atoms with Gasteiger partial charge >= 0.3 is 0 Å². The summed E-state index contributed by atoms with van der Waals surface area (Å²) < 4.78 is 0. The van der Waals surface area contributed by atoms with Crippen molar-refractivity contribution in [1.82, 2.24) is 0 Å². The molecular formula is C18H15OP. The molecule has 3 rings (SSSR count). The molecule has 20 heavy (non-hydrogen) atoms. The molecule has 0 heterocycles. The van der Waals surface area contributed by atoms with Crippen LogP contribution in [-0.2, 0) is 0 Å². The summed E-state index contributed by atoms with van der Waals surface area (Å²) in [5.74, 6) is 0. The van der Waals surface area contributed by atoms with Crippen LogP contribution in [0, 0.1) is 0 Å². The zero-order valence-electron chi connectivity index (χ0n) is 11.0. The normalized spacial score (nSPS) is 12.1. The van der Waals surface area contributed by atoms with E-state index in [0.29, 0.717) is 0 Å². The van der Waals surface area contributed by atoms with E-state index in [9.17, 15) is 4.89 Å². The highest BCUT2D eigenvalue weighted by Gasteiger charge is 2.10. The minimum Gasteiger partial charge on any atom is -0.364 e. The number of hydrogen-bond donors (Lipinski definition) is 1. The number of benzene rings is 3. The molecule has 1 unspecified atom stereocenters. The van der Waals surface area contributed by atoms with E-state index in [1.807, 2.05) is 60.7 Å². The van der Waals surface area contributed by atoms with Gasteiger partial charge in [0.15, 0.2) is 0 Å². The number of rotatable bonds is 3. The van der Waals surface area contributed by atoms with Crippen molar-refractivity contribution in [3.05, 3.63) is 84.9 Å². The van der Waals surface area contributed by atoms with Crippen LogP contribution in [0.5, 0.6) is 0 Å². The summed E-state index contributed by atoms with van der Waals surface area (Å²) in [7, 11) is -1.25. The first-order valence-corrected chi connectivity index (χ1v) is 7.83. The van der Waals surface area contributed by atoms with Gasteiger partial charge in [-0.15, -0.1) is 0 Å². The van der Waals surface area contributed by atoms with Gasteiger partial charge in [-0.3, -0.25) is 0 Å². The van der Waals surface area contributed by atoms with E-state index in [-0.39, 0.29) is 0 Å². The fraction of sp³-hybridized carbons (Fsp3) is 0. The topological polar surface area (TPSA) is 20.2 Å². The Morgan fingerprint density at radius 2 is 0.950 bits per heavy atom. The lowest BCUT2D eigenvalue weighted by atomic mass is 10.1. The van der Waals surface area contributed by atoms with Gasteiger partial charge in [-0.1, -0.05) is 84.9 Å². The average molecular weight is 278 g/mol. The molecule has 0 aromatic heterocycles. The van der Waals surface area contributed by atoms with Gasteiger partial charge in [-0.05, 0) is 11.1 Å². The molecule has 3 aromatic carbocycles. The van der Waals surface area contributed by atoms with E-state index in [0.717, 1.165) is 10.6 Å². The van der Waals surface area contributed by atoms with Crippen molar-refractivity contribution in [2.24, 2.45) is 0 Å². The monoisotopic (exact) mass is 278 g/mol. The molecule has 0 radical (unpaired) electrons. The predicted octanol–water partition coefficient (Wildman–Crippen LogP) is 3.69. The van der Waals surface area contributed by atoms with E-state index >= 15 is 0 Å². The first-order chi connectivity index (χ1) is 9.84. The third-order valence-electron chi connectivity index (χ3n) is 3.22. The van der Waals surface area contributed by atoms with Gasteiger partial charge in [0, 0.05) is 10.6 Å². The molecule has 0 saturated heterocycles. The van der Waals surface area contributed by atoms with Gasteiger partial charge in [-0.2, -0.15) is 0 Å². The van der Waals surface area contributed by atoms with Crippen LogP contribution in [0.4, 0.5) is 0 Å². The largest absolute Gasteiger partial charge is 0.364 e. The Balaban J connectivity index is 1.87. The molecule has 98 valence electrons. The summed E-state index contributed by atoms with van der Waals surface area (Å²) >= 11 is 0. The van der Waals surface area contributed by atoms with E-state index in [1.54, 1.807) is 0 Å². The Morgan fingerprint density at radius 1 is 0.500 bits per heavy atom. The fourth-order valence-corrected chi connectivity index (χ4v) is 3.33. The summed E-state index contributed by atoms with van der Waals surface area (Å²) in [5.41, 5.74) is 2.37. The van der Waals surface area contributed by atoms with Crippen LogP contribution in [-0.4, -0.2) is 4.89 Å². The predicted molar refractivity (Wildman–Crippen MR) is 86.7 cm³/mol. The van der Waals surface area contributed by atoms with Crippen molar-refractivity contribution in [3.8, 4) is 11.1 Å². The van der Waals surface area contributed by atoms with Crippen molar-refractivity contribution in [3.63, 3.8) is 0 Å².